The van der Waals surface area contributed by atoms with Gasteiger partial charge in [0.15, 0.2) is 0 Å². The molecule has 0 unspecified atom stereocenters. The van der Waals surface area contributed by atoms with E-state index >= 15 is 0 Å². The summed E-state index contributed by atoms with van der Waals surface area (Å²) in [6, 6.07) is 0. The van der Waals surface area contributed by atoms with E-state index in [1.165, 1.54) is 17.8 Å². The molecule has 0 bridgehead atoms. The number of hydrogen-bond donors (Lipinski definition) is 1. The Morgan fingerprint density at radius 1 is 1.47 bits per heavy atom. The van der Waals surface area contributed by atoms with Gasteiger partial charge in [0, 0.05) is 0 Å². The Labute approximate surface area is 119 Å². The first-order chi connectivity index (χ1) is 8.93. The van der Waals surface area contributed by atoms with Crippen LogP contribution in [0.25, 0.3) is 0 Å². The molecular formula is C14H24N2O2S. The number of carboxylic acid groups (broad SMARTS) is 1. The van der Waals surface area contributed by atoms with Gasteiger partial charge in [-0.2, -0.15) is 0 Å². The molecule has 5 heteroatoms. The Morgan fingerprint density at radius 3 is 2.68 bits per heavy atom. The van der Waals surface area contributed by atoms with Crippen LogP contribution in [0, 0.1) is 5.92 Å². The zero-order valence-corrected chi connectivity index (χ0v) is 13.1. The molecule has 1 heterocycles. The first-order valence-corrected chi connectivity index (χ1v) is 7.66. The molecular weight excluding hydrogens is 260 g/mol. The second-order valence-corrected chi connectivity index (χ2v) is 6.46. The Hall–Kier alpha value is -0.940. The van der Waals surface area contributed by atoms with E-state index < -0.39 is 5.97 Å². The minimum atomic E-state index is -0.851. The van der Waals surface area contributed by atoms with Crippen molar-refractivity contribution in [3.63, 3.8) is 0 Å². The standard InChI is InChI=1S/C14H24N2O2S/c1-5-6-7-16(4)9-12-15-11(8-10(2)3)13(19-12)14(17)18/h10H,5-9H2,1-4H3,(H,17,18). The second-order valence-electron chi connectivity index (χ2n) is 5.38. The summed E-state index contributed by atoms with van der Waals surface area (Å²) in [5.74, 6) is -0.429. The quantitative estimate of drug-likeness (QED) is 0.796. The molecule has 0 atom stereocenters. The minimum Gasteiger partial charge on any atom is -0.477 e. The van der Waals surface area contributed by atoms with E-state index in [0.29, 0.717) is 10.8 Å². The van der Waals surface area contributed by atoms with Gasteiger partial charge in [0.25, 0.3) is 0 Å². The number of thiazole rings is 1. The van der Waals surface area contributed by atoms with E-state index in [0.717, 1.165) is 36.6 Å². The van der Waals surface area contributed by atoms with Crippen molar-refractivity contribution < 1.29 is 9.90 Å². The van der Waals surface area contributed by atoms with Crippen LogP contribution in [0.15, 0.2) is 0 Å². The van der Waals surface area contributed by atoms with Crippen molar-refractivity contribution >= 4 is 17.3 Å². The van der Waals surface area contributed by atoms with Gasteiger partial charge in [0.2, 0.25) is 0 Å². The number of carboxylic acids is 1. The van der Waals surface area contributed by atoms with Crippen molar-refractivity contribution in [2.24, 2.45) is 5.92 Å². The van der Waals surface area contributed by atoms with Crippen molar-refractivity contribution in [2.45, 2.75) is 46.6 Å². The molecule has 1 aromatic heterocycles. The van der Waals surface area contributed by atoms with Gasteiger partial charge in [-0.25, -0.2) is 9.78 Å². The molecule has 0 aliphatic carbocycles. The number of carbonyl (C=O) groups is 1. The van der Waals surface area contributed by atoms with Crippen molar-refractivity contribution in [1.82, 2.24) is 9.88 Å². The summed E-state index contributed by atoms with van der Waals surface area (Å²) in [5.41, 5.74) is 0.742. The lowest BCUT2D eigenvalue weighted by Gasteiger charge is -2.13. The van der Waals surface area contributed by atoms with Gasteiger partial charge in [-0.3, -0.25) is 4.90 Å². The zero-order valence-electron chi connectivity index (χ0n) is 12.3. The maximum absolute atomic E-state index is 11.2. The molecule has 4 nitrogen and oxygen atoms in total. The number of aromatic nitrogens is 1. The van der Waals surface area contributed by atoms with Crippen LogP contribution in [0.3, 0.4) is 0 Å². The normalized spacial score (nSPS) is 11.5. The fourth-order valence-electron chi connectivity index (χ4n) is 1.90. The third-order valence-electron chi connectivity index (χ3n) is 2.84. The monoisotopic (exact) mass is 284 g/mol. The maximum Gasteiger partial charge on any atom is 0.347 e. The Balaban J connectivity index is 2.76. The fraction of sp³-hybridized carbons (Fsp3) is 0.714. The SMILES string of the molecule is CCCCN(C)Cc1nc(CC(C)C)c(C(=O)O)s1. The molecule has 0 amide bonds. The largest absolute Gasteiger partial charge is 0.477 e. The van der Waals surface area contributed by atoms with Gasteiger partial charge in [-0.1, -0.05) is 27.2 Å². The van der Waals surface area contributed by atoms with Gasteiger partial charge in [0.1, 0.15) is 9.88 Å². The molecule has 0 saturated heterocycles. The lowest BCUT2D eigenvalue weighted by molar-refractivity contribution is 0.0700. The summed E-state index contributed by atoms with van der Waals surface area (Å²) in [6.45, 7) is 8.09. The highest BCUT2D eigenvalue weighted by Crippen LogP contribution is 2.22. The molecule has 0 aliphatic rings. The Kier molecular flexibility index (Phi) is 6.45. The van der Waals surface area contributed by atoms with Crippen molar-refractivity contribution in [3.8, 4) is 0 Å². The molecule has 19 heavy (non-hydrogen) atoms. The predicted molar refractivity (Wildman–Crippen MR) is 78.9 cm³/mol. The summed E-state index contributed by atoms with van der Waals surface area (Å²) in [7, 11) is 2.06. The van der Waals surface area contributed by atoms with Crippen LogP contribution in [0.2, 0.25) is 0 Å². The van der Waals surface area contributed by atoms with Gasteiger partial charge in [-0.15, -0.1) is 11.3 Å². The second kappa shape index (κ2) is 7.60. The molecule has 1 aromatic rings. The van der Waals surface area contributed by atoms with Crippen LogP contribution < -0.4 is 0 Å². The van der Waals surface area contributed by atoms with Crippen molar-refractivity contribution in [1.29, 1.82) is 0 Å². The molecule has 0 radical (unpaired) electrons. The summed E-state index contributed by atoms with van der Waals surface area (Å²) >= 11 is 1.32. The number of nitrogens with zero attached hydrogens (tertiary/aromatic N) is 2. The molecule has 1 N–H and O–H groups in total. The number of aromatic carboxylic acids is 1. The molecule has 0 aromatic carbocycles. The van der Waals surface area contributed by atoms with Crippen LogP contribution in [0.4, 0.5) is 0 Å². The van der Waals surface area contributed by atoms with E-state index in [1.807, 2.05) is 0 Å². The highest BCUT2D eigenvalue weighted by atomic mass is 32.1. The number of unbranched alkanes of at least 4 members (excludes halogenated alkanes) is 1. The van der Waals surface area contributed by atoms with Crippen LogP contribution >= 0.6 is 11.3 Å². The average molecular weight is 284 g/mol. The van der Waals surface area contributed by atoms with Crippen LogP contribution in [-0.4, -0.2) is 34.6 Å². The highest BCUT2D eigenvalue weighted by Gasteiger charge is 2.18. The van der Waals surface area contributed by atoms with Gasteiger partial charge >= 0.3 is 5.97 Å². The predicted octanol–water partition coefficient (Wildman–Crippen LogP) is 3.27. The van der Waals surface area contributed by atoms with Gasteiger partial charge in [-0.05, 0) is 32.4 Å². The van der Waals surface area contributed by atoms with Crippen LogP contribution in [-0.2, 0) is 13.0 Å². The molecule has 108 valence electrons. The smallest absolute Gasteiger partial charge is 0.347 e. The number of rotatable bonds is 8. The van der Waals surface area contributed by atoms with E-state index in [1.54, 1.807) is 0 Å². The van der Waals surface area contributed by atoms with Crippen molar-refractivity contribution in [2.75, 3.05) is 13.6 Å². The lowest BCUT2D eigenvalue weighted by Crippen LogP contribution is -2.18. The first-order valence-electron chi connectivity index (χ1n) is 6.84. The molecule has 0 saturated carbocycles. The molecule has 0 spiro atoms. The Morgan fingerprint density at radius 2 is 2.16 bits per heavy atom. The summed E-state index contributed by atoms with van der Waals surface area (Å²) in [6.07, 6.45) is 3.06. The third-order valence-corrected chi connectivity index (χ3v) is 3.91. The van der Waals surface area contributed by atoms with Crippen LogP contribution in [0.1, 0.15) is 54.0 Å². The maximum atomic E-state index is 11.2. The zero-order chi connectivity index (χ0) is 14.4. The molecule has 0 aliphatic heterocycles. The van der Waals surface area contributed by atoms with Crippen molar-refractivity contribution in [3.05, 3.63) is 15.6 Å². The lowest BCUT2D eigenvalue weighted by atomic mass is 10.1. The first kappa shape index (κ1) is 16.1. The topological polar surface area (TPSA) is 53.4 Å². The summed E-state index contributed by atoms with van der Waals surface area (Å²) < 4.78 is 0. The third kappa shape index (κ3) is 5.28. The number of hydrogen-bond acceptors (Lipinski definition) is 4. The summed E-state index contributed by atoms with van der Waals surface area (Å²) in [5, 5.41) is 10.1. The average Bonchev–Trinajstić information content (AvgIpc) is 2.68. The highest BCUT2D eigenvalue weighted by molar-refractivity contribution is 7.13. The van der Waals surface area contributed by atoms with E-state index in [-0.39, 0.29) is 0 Å². The molecule has 1 rings (SSSR count). The van der Waals surface area contributed by atoms with Crippen LogP contribution in [0.5, 0.6) is 0 Å². The fourth-order valence-corrected chi connectivity index (χ4v) is 2.91. The van der Waals surface area contributed by atoms with Gasteiger partial charge in [0.05, 0.1) is 12.2 Å². The molecule has 0 fully saturated rings. The van der Waals surface area contributed by atoms with Gasteiger partial charge < -0.3 is 5.11 Å². The minimum absolute atomic E-state index is 0.410. The summed E-state index contributed by atoms with van der Waals surface area (Å²) in [4.78, 5) is 18.4. The van der Waals surface area contributed by atoms with E-state index in [9.17, 15) is 9.90 Å². The Bertz CT molecular complexity index is 416. The van der Waals surface area contributed by atoms with E-state index in [4.69, 9.17) is 0 Å². The van der Waals surface area contributed by atoms with E-state index in [2.05, 4.69) is 37.7 Å².